The van der Waals surface area contributed by atoms with Gasteiger partial charge >= 0.3 is 0 Å². The fourth-order valence-corrected chi connectivity index (χ4v) is 0. The van der Waals surface area contributed by atoms with E-state index >= 15 is 0 Å². The summed E-state index contributed by atoms with van der Waals surface area (Å²) in [5.41, 5.74) is 0. The van der Waals surface area contributed by atoms with Crippen LogP contribution in [0.5, 0.6) is 0 Å². The minimum Gasteiger partial charge on any atom is -0.0683 e. The zero-order valence-corrected chi connectivity index (χ0v) is 2.76. The lowest BCUT2D eigenvalue weighted by Crippen LogP contribution is -0.856. The van der Waals surface area contributed by atoms with Crippen molar-refractivity contribution in [1.29, 1.82) is 0 Å². The van der Waals surface area contributed by atoms with Gasteiger partial charge in [0.15, 0.2) is 0 Å². The zero-order chi connectivity index (χ0) is 6.00. The summed E-state index contributed by atoms with van der Waals surface area (Å²) in [6.07, 6.45) is 0. The summed E-state index contributed by atoms with van der Waals surface area (Å²) in [7, 11) is 0. The van der Waals surface area contributed by atoms with Gasteiger partial charge in [0.05, 0.1) is 0 Å². The van der Waals surface area contributed by atoms with Crippen LogP contribution in [0.2, 0.25) is 0 Å². The Kier molecular flexibility index (Phi) is 487. The van der Waals surface area contributed by atoms with E-state index in [1.807, 2.05) is 13.8 Å². The van der Waals surface area contributed by atoms with Crippen molar-refractivity contribution in [2.45, 2.75) is 13.8 Å². The van der Waals surface area contributed by atoms with E-state index in [2.05, 4.69) is 0 Å². The second-order valence-electron chi connectivity index (χ2n) is 0. The first-order chi connectivity index (χ1) is 3.00. The maximum Gasteiger partial charge on any atom is 0 e. The van der Waals surface area contributed by atoms with Crippen molar-refractivity contribution in [3.63, 3.8) is 0 Å². The predicted octanol–water partition coefficient (Wildman–Crippen LogP) is 2.11. The van der Waals surface area contributed by atoms with Crippen LogP contribution < -0.4 is 0 Å². The van der Waals surface area contributed by atoms with Crippen LogP contribution in [0.3, 0.4) is 0 Å². The lowest BCUT2D eigenvalue weighted by Gasteiger charge is -1.07. The monoisotopic (exact) mass is 72.1 g/mol. The van der Waals surface area contributed by atoms with Crippen LogP contribution in [-0.2, 0) is 0 Å². The Morgan fingerprint density at radius 3 is 1.50 bits per heavy atom. The second-order valence-corrected chi connectivity index (χ2v) is 0. The van der Waals surface area contributed by atoms with E-state index in [0.29, 0.717) is 0 Å². The predicted molar refractivity (Wildman–Crippen MR) is 15.7 cm³/mol. The topological polar surface area (TPSA) is 0 Å². The van der Waals surface area contributed by atoms with E-state index in [1.54, 1.807) is 0 Å². The summed E-state index contributed by atoms with van der Waals surface area (Å²) in [4.78, 5) is 0. The molecule has 0 aliphatic rings. The molecule has 0 N–H and O–H groups in total. The first kappa shape index (κ1) is 3.86. The highest BCUT2D eigenvalue weighted by molar-refractivity contribution is 3.50. The van der Waals surface area contributed by atoms with Crippen molar-refractivity contribution in [2.75, 3.05) is 0 Å². The van der Waals surface area contributed by atoms with E-state index in [-0.39, 0.29) is 0 Å². The average molecular weight is 72.1 g/mol. The van der Waals surface area contributed by atoms with Gasteiger partial charge in [0.1, 0.15) is 0 Å². The van der Waals surface area contributed by atoms with Crippen LogP contribution >= 0.6 is 0 Å². The Bertz CT molecular complexity index is 9.51. The molecule has 30 valence electrons. The van der Waals surface area contributed by atoms with Gasteiger partial charge in [0.2, 0.25) is 0 Å². The second kappa shape index (κ2) is 505. The molecule has 0 heterocycles. The Labute approximate surface area is 27.4 Å². The molecule has 0 aromatic rings. The zero-order valence-electron chi connectivity index (χ0n) is 4.76. The van der Waals surface area contributed by atoms with Crippen molar-refractivity contribution >= 4 is 0 Å². The van der Waals surface area contributed by atoms with Crippen molar-refractivity contribution in [3.8, 4) is 0 Å². The van der Waals surface area contributed by atoms with E-state index in [0.717, 1.165) is 0 Å². The van der Waals surface area contributed by atoms with Gasteiger partial charge in [-0.15, -0.1) is 0 Å². The van der Waals surface area contributed by atoms with Crippen LogP contribution in [0, 0.1) is 0 Å². The highest BCUT2D eigenvalue weighted by atomic mass is 20.0. The minimum atomic E-state index is 2.00. The number of halogens is 2. The first-order valence-electron chi connectivity index (χ1n) is 2.14. The van der Waals surface area contributed by atoms with Gasteiger partial charge in [-0.25, -0.2) is 0 Å². The smallest absolute Gasteiger partial charge is 0 e. The summed E-state index contributed by atoms with van der Waals surface area (Å²) in [5.74, 6) is 0. The summed E-state index contributed by atoms with van der Waals surface area (Å²) in [6.45, 7) is 4.00. The Balaban J connectivity index is -0.0000000225. The summed E-state index contributed by atoms with van der Waals surface area (Å²) < 4.78 is 26.0. The molecule has 0 rings (SSSR count). The van der Waals surface area contributed by atoms with Crippen LogP contribution in [0.1, 0.15) is 16.8 Å². The Hall–Kier alpha value is -0.140. The van der Waals surface area contributed by atoms with Crippen LogP contribution in [0.4, 0.5) is 9.15 Å². The van der Waals surface area contributed by atoms with Crippen LogP contribution in [-0.4, -0.2) is 0 Å². The van der Waals surface area contributed by atoms with Crippen LogP contribution in [0.25, 0.3) is 0 Å². The molecule has 0 unspecified atom stereocenters. The largest absolute Gasteiger partial charge is 0.0683 e. The van der Waals surface area contributed by atoms with Crippen molar-refractivity contribution in [1.82, 2.24) is 0 Å². The van der Waals surface area contributed by atoms with Crippen molar-refractivity contribution < 1.29 is 12.1 Å². The fourth-order valence-electron chi connectivity index (χ4n) is 0. The van der Waals surface area contributed by atoms with Gasteiger partial charge < -0.3 is 0 Å². The third-order valence-electron chi connectivity index (χ3n) is 0. The van der Waals surface area contributed by atoms with E-state index < -0.39 is 0 Å². The maximum absolute atomic E-state index is 8.00. The molecular weight excluding hydrogens is 62.0 g/mol. The van der Waals surface area contributed by atoms with E-state index in [4.69, 9.17) is 12.1 Å². The van der Waals surface area contributed by atoms with Crippen molar-refractivity contribution in [2.24, 2.45) is 0 Å². The molecule has 0 fully saturated rings. The van der Waals surface area contributed by atoms with Gasteiger partial charge in [-0.3, -0.25) is 0 Å². The van der Waals surface area contributed by atoms with Gasteiger partial charge in [-0.2, -0.15) is 0 Å². The summed E-state index contributed by atoms with van der Waals surface area (Å²) >= 11 is 0. The highest BCUT2D eigenvalue weighted by Gasteiger charge is 1.00. The molecule has 0 atom stereocenters. The van der Waals surface area contributed by atoms with Gasteiger partial charge in [-0.05, 0) is 0 Å². The van der Waals surface area contributed by atoms with Crippen molar-refractivity contribution in [3.05, 3.63) is 0 Å². The fraction of sp³-hybridized carbons (Fsp3) is 1.00. The van der Waals surface area contributed by atoms with Gasteiger partial charge in [0.25, 0.3) is 0 Å². The molecule has 2 heteroatoms. The average Bonchev–Trinajstić information content (AvgIpc) is 1.81. The summed E-state index contributed by atoms with van der Waals surface area (Å²) in [6, 6.07) is 0. The first-order valence-corrected chi connectivity index (χ1v) is 1.14. The lowest BCUT2D eigenvalue weighted by molar-refractivity contribution is 0.108. The summed E-state index contributed by atoms with van der Waals surface area (Å²) in [5, 5.41) is 0. The third-order valence-corrected chi connectivity index (χ3v) is 0. The molecule has 0 saturated heterocycles. The number of hydrogen-bond acceptors (Lipinski definition) is 0. The Morgan fingerprint density at radius 1 is 1.50 bits per heavy atom. The molecule has 0 aliphatic carbocycles. The molecule has 0 saturated carbocycles. The normalized spacial score (nSPS) is 5.00. The van der Waals surface area contributed by atoms with E-state index in [1.165, 1.54) is 0 Å². The van der Waals surface area contributed by atoms with E-state index in [9.17, 15) is 0 Å². The molecule has 4 heavy (non-hydrogen) atoms. The lowest BCUT2D eigenvalue weighted by atomic mass is 11.0. The SMILES string of the molecule is CC.FF.[2H][2H]. The maximum atomic E-state index is 8.00. The highest BCUT2D eigenvalue weighted by Crippen LogP contribution is 1.42. The number of rotatable bonds is 0. The quantitative estimate of drug-likeness (QED) is 0.411. The molecule has 0 aromatic heterocycles. The number of hydrogen-bond donors (Lipinski definition) is 0. The van der Waals surface area contributed by atoms with Crippen LogP contribution in [0.15, 0.2) is 0 Å². The van der Waals surface area contributed by atoms with Gasteiger partial charge in [-0.1, -0.05) is 13.8 Å². The molecular formula is C2H8F2. The van der Waals surface area contributed by atoms with Gasteiger partial charge in [0, 0.05) is 12.1 Å². The third kappa shape index (κ3) is 70.2. The molecule has 0 nitrogen and oxygen atoms in total. The minimum absolute atomic E-state index is 2.00. The molecule has 0 radical (unpaired) electrons. The molecule has 0 aromatic carbocycles. The molecule has 0 bridgehead atoms. The Morgan fingerprint density at radius 2 is 1.50 bits per heavy atom. The standard InChI is InChI=1S/C2H6.F2.H2/c2*1-2;/h1-2H3;;1H/i;;1+1D. The molecule has 0 amide bonds. The molecule has 0 aliphatic heterocycles. The molecule has 0 spiro atoms.